The minimum Gasteiger partial charge on any atom is -0.377 e. The van der Waals surface area contributed by atoms with Crippen LogP contribution in [0.3, 0.4) is 0 Å². The van der Waals surface area contributed by atoms with E-state index in [0.29, 0.717) is 13.1 Å². The number of rotatable bonds is 7. The van der Waals surface area contributed by atoms with Gasteiger partial charge in [0.1, 0.15) is 0 Å². The molecule has 0 fully saturated rings. The van der Waals surface area contributed by atoms with Gasteiger partial charge in [0.05, 0.1) is 0 Å². The zero-order valence-corrected chi connectivity index (χ0v) is 16.8. The van der Waals surface area contributed by atoms with Crippen molar-refractivity contribution in [3.8, 4) is 0 Å². The van der Waals surface area contributed by atoms with E-state index in [-0.39, 0.29) is 17.7 Å². The first kappa shape index (κ1) is 20.5. The van der Waals surface area contributed by atoms with Crippen LogP contribution in [-0.2, 0) is 22.7 Å². The first-order chi connectivity index (χ1) is 12.8. The van der Waals surface area contributed by atoms with Crippen molar-refractivity contribution in [3.63, 3.8) is 0 Å². The maximum Gasteiger partial charge on any atom is 0.226 e. The molecular weight excluding hydrogens is 338 g/mol. The van der Waals surface area contributed by atoms with Crippen molar-refractivity contribution in [2.75, 3.05) is 24.3 Å². The predicted octanol–water partition coefficient (Wildman–Crippen LogP) is 3.90. The van der Waals surface area contributed by atoms with Gasteiger partial charge in [-0.1, -0.05) is 44.2 Å². The Labute approximate surface area is 162 Å². The van der Waals surface area contributed by atoms with Crippen LogP contribution in [0.25, 0.3) is 0 Å². The van der Waals surface area contributed by atoms with E-state index in [1.165, 1.54) is 0 Å². The minimum absolute atomic E-state index is 0.0141. The Morgan fingerprint density at radius 3 is 2.22 bits per heavy atom. The van der Waals surface area contributed by atoms with Gasteiger partial charge in [0, 0.05) is 51.4 Å². The minimum atomic E-state index is -0.0891. The van der Waals surface area contributed by atoms with Gasteiger partial charge in [-0.25, -0.2) is 0 Å². The molecule has 0 aliphatic rings. The summed E-state index contributed by atoms with van der Waals surface area (Å²) in [6.07, 6.45) is 0. The fourth-order valence-corrected chi connectivity index (χ4v) is 2.80. The maximum absolute atomic E-state index is 12.2. The highest BCUT2D eigenvalue weighted by Crippen LogP contribution is 2.25. The quantitative estimate of drug-likeness (QED) is 0.808. The highest BCUT2D eigenvalue weighted by molar-refractivity contribution is 5.92. The number of anilines is 2. The molecule has 0 spiro atoms. The van der Waals surface area contributed by atoms with Gasteiger partial charge in [-0.2, -0.15) is 0 Å². The monoisotopic (exact) mass is 367 g/mol. The summed E-state index contributed by atoms with van der Waals surface area (Å²) in [4.78, 5) is 28.1. The second-order valence-corrected chi connectivity index (χ2v) is 7.24. The molecule has 0 radical (unpaired) electrons. The van der Waals surface area contributed by atoms with Gasteiger partial charge in [0.25, 0.3) is 0 Å². The number of amides is 2. The van der Waals surface area contributed by atoms with Crippen molar-refractivity contribution >= 4 is 23.2 Å². The zero-order valence-electron chi connectivity index (χ0n) is 16.8. The van der Waals surface area contributed by atoms with Crippen molar-refractivity contribution in [3.05, 3.63) is 59.7 Å². The van der Waals surface area contributed by atoms with Gasteiger partial charge in [0.2, 0.25) is 11.8 Å². The molecule has 144 valence electrons. The summed E-state index contributed by atoms with van der Waals surface area (Å²) in [7, 11) is 3.95. The van der Waals surface area contributed by atoms with E-state index in [2.05, 4.69) is 5.32 Å². The van der Waals surface area contributed by atoms with Crippen LogP contribution in [-0.4, -0.2) is 30.8 Å². The second kappa shape index (κ2) is 9.21. The summed E-state index contributed by atoms with van der Waals surface area (Å²) in [5.41, 5.74) is 3.85. The summed E-state index contributed by atoms with van der Waals surface area (Å²) in [6, 6.07) is 15.8. The van der Waals surface area contributed by atoms with E-state index in [9.17, 15) is 9.59 Å². The predicted molar refractivity (Wildman–Crippen MR) is 111 cm³/mol. The molecule has 0 saturated carbocycles. The summed E-state index contributed by atoms with van der Waals surface area (Å²) < 4.78 is 0. The molecule has 5 nitrogen and oxygen atoms in total. The number of carbonyl (C=O) groups excluding carboxylic acids is 2. The number of carbonyl (C=O) groups is 2. The van der Waals surface area contributed by atoms with Crippen molar-refractivity contribution in [2.45, 2.75) is 33.9 Å². The van der Waals surface area contributed by atoms with E-state index >= 15 is 0 Å². The summed E-state index contributed by atoms with van der Waals surface area (Å²) in [5.74, 6) is -0.0970. The molecule has 0 aliphatic carbocycles. The topological polar surface area (TPSA) is 52.7 Å². The third kappa shape index (κ3) is 5.84. The van der Waals surface area contributed by atoms with Gasteiger partial charge in [-0.15, -0.1) is 0 Å². The first-order valence-electron chi connectivity index (χ1n) is 9.18. The Kier molecular flexibility index (Phi) is 6.99. The number of hydrogen-bond donors (Lipinski definition) is 1. The molecule has 0 aliphatic heterocycles. The van der Waals surface area contributed by atoms with E-state index in [1.54, 1.807) is 6.92 Å². The lowest BCUT2D eigenvalue weighted by Gasteiger charge is -2.25. The molecule has 0 atom stereocenters. The van der Waals surface area contributed by atoms with Gasteiger partial charge < -0.3 is 15.1 Å². The molecule has 27 heavy (non-hydrogen) atoms. The van der Waals surface area contributed by atoms with Gasteiger partial charge in [0.15, 0.2) is 0 Å². The van der Waals surface area contributed by atoms with Crippen LogP contribution in [0.5, 0.6) is 0 Å². The van der Waals surface area contributed by atoms with E-state index in [0.717, 1.165) is 22.5 Å². The number of hydrogen-bond acceptors (Lipinski definition) is 3. The van der Waals surface area contributed by atoms with Crippen molar-refractivity contribution in [1.29, 1.82) is 0 Å². The Balaban J connectivity index is 2.29. The van der Waals surface area contributed by atoms with Crippen LogP contribution in [0, 0.1) is 5.92 Å². The lowest BCUT2D eigenvalue weighted by Crippen LogP contribution is -2.28. The lowest BCUT2D eigenvalue weighted by molar-refractivity contribution is -0.130. The molecule has 5 heteroatoms. The van der Waals surface area contributed by atoms with Gasteiger partial charge >= 0.3 is 0 Å². The Bertz CT molecular complexity index is 785. The zero-order chi connectivity index (χ0) is 20.0. The third-order valence-corrected chi connectivity index (χ3v) is 4.38. The molecule has 2 aromatic rings. The highest BCUT2D eigenvalue weighted by atomic mass is 16.2. The Morgan fingerprint density at radius 2 is 1.67 bits per heavy atom. The molecule has 2 amide bonds. The SMILES string of the molecule is CC(=O)N(Cc1ccccc1)Cc1cc(NC(=O)C(C)C)ccc1N(C)C. The summed E-state index contributed by atoms with van der Waals surface area (Å²) in [6.45, 7) is 6.33. The third-order valence-electron chi connectivity index (χ3n) is 4.38. The molecule has 0 aromatic heterocycles. The van der Waals surface area contributed by atoms with Crippen molar-refractivity contribution in [1.82, 2.24) is 4.90 Å². The molecule has 2 rings (SSSR count). The van der Waals surface area contributed by atoms with Crippen LogP contribution >= 0.6 is 0 Å². The fourth-order valence-electron chi connectivity index (χ4n) is 2.80. The van der Waals surface area contributed by atoms with Crippen molar-refractivity contribution < 1.29 is 9.59 Å². The molecule has 2 aromatic carbocycles. The van der Waals surface area contributed by atoms with Crippen LogP contribution < -0.4 is 10.2 Å². The standard InChI is InChI=1S/C22H29N3O2/c1-16(2)22(27)23-20-11-12-21(24(4)5)19(13-20)15-25(17(3)26)14-18-9-7-6-8-10-18/h6-13,16H,14-15H2,1-5H3,(H,23,27). The molecule has 0 saturated heterocycles. The van der Waals surface area contributed by atoms with Gasteiger partial charge in [-0.3, -0.25) is 9.59 Å². The molecule has 0 unspecified atom stereocenters. The number of nitrogens with one attached hydrogen (secondary N) is 1. The second-order valence-electron chi connectivity index (χ2n) is 7.24. The maximum atomic E-state index is 12.2. The fraction of sp³-hybridized carbons (Fsp3) is 0.364. The van der Waals surface area contributed by atoms with Crippen LogP contribution in [0.4, 0.5) is 11.4 Å². The Hall–Kier alpha value is -2.82. The normalized spacial score (nSPS) is 10.6. The first-order valence-corrected chi connectivity index (χ1v) is 9.18. The van der Waals surface area contributed by atoms with Gasteiger partial charge in [-0.05, 0) is 29.3 Å². The largest absolute Gasteiger partial charge is 0.377 e. The average molecular weight is 367 g/mol. The summed E-state index contributed by atoms with van der Waals surface area (Å²) >= 11 is 0. The average Bonchev–Trinajstić information content (AvgIpc) is 2.61. The highest BCUT2D eigenvalue weighted by Gasteiger charge is 2.15. The van der Waals surface area contributed by atoms with Crippen LogP contribution in [0.15, 0.2) is 48.5 Å². The summed E-state index contributed by atoms with van der Waals surface area (Å²) in [5, 5.41) is 2.94. The molecule has 0 heterocycles. The van der Waals surface area contributed by atoms with E-state index in [1.807, 2.05) is 86.3 Å². The smallest absolute Gasteiger partial charge is 0.226 e. The molecular formula is C22H29N3O2. The lowest BCUT2D eigenvalue weighted by atomic mass is 10.1. The molecule has 0 bridgehead atoms. The van der Waals surface area contributed by atoms with E-state index < -0.39 is 0 Å². The number of nitrogens with zero attached hydrogens (tertiary/aromatic N) is 2. The Morgan fingerprint density at radius 1 is 1.00 bits per heavy atom. The van der Waals surface area contributed by atoms with Crippen molar-refractivity contribution in [2.24, 2.45) is 5.92 Å². The van der Waals surface area contributed by atoms with Crippen LogP contribution in [0.1, 0.15) is 31.9 Å². The molecule has 1 N–H and O–H groups in total. The number of benzene rings is 2. The van der Waals surface area contributed by atoms with Crippen LogP contribution in [0.2, 0.25) is 0 Å². The van der Waals surface area contributed by atoms with E-state index in [4.69, 9.17) is 0 Å².